The Morgan fingerprint density at radius 1 is 1.31 bits per heavy atom. The number of carbonyl (C=O) groups excluding carboxylic acids is 1. The van der Waals surface area contributed by atoms with E-state index in [1.54, 1.807) is 13.8 Å². The number of aliphatic hydroxyl groups excluding tert-OH is 2. The Morgan fingerprint density at radius 3 is 2.64 bits per heavy atom. The van der Waals surface area contributed by atoms with Crippen molar-refractivity contribution >= 4 is 30.4 Å². The maximum atomic E-state index is 13.6. The highest BCUT2D eigenvalue weighted by Gasteiger charge is 2.54. The highest BCUT2D eigenvalue weighted by atomic mass is 32.2. The lowest BCUT2D eigenvalue weighted by atomic mass is 9.96. The normalized spacial score (nSPS) is 24.9. The second kappa shape index (κ2) is 13.0. The van der Waals surface area contributed by atoms with Gasteiger partial charge in [-0.1, -0.05) is 42.1 Å². The summed E-state index contributed by atoms with van der Waals surface area (Å²) in [5.74, 6) is 0.131. The molecule has 0 amide bonds. The molecule has 0 saturated carbocycles. The molecule has 1 aromatic carbocycles. The number of nitrogen functional groups attached to an aromatic ring is 1. The summed E-state index contributed by atoms with van der Waals surface area (Å²) >= 11 is 0.934. The van der Waals surface area contributed by atoms with Crippen LogP contribution in [0.2, 0.25) is 0 Å². The molecule has 1 aliphatic rings. The van der Waals surface area contributed by atoms with Crippen molar-refractivity contribution in [3.63, 3.8) is 0 Å². The van der Waals surface area contributed by atoms with Crippen LogP contribution >= 0.6 is 19.5 Å². The molecule has 2 heterocycles. The summed E-state index contributed by atoms with van der Waals surface area (Å²) in [5, 5.41) is 33.5. The Balaban J connectivity index is 1.68. The van der Waals surface area contributed by atoms with Gasteiger partial charge in [0.15, 0.2) is 11.3 Å². The van der Waals surface area contributed by atoms with Crippen molar-refractivity contribution in [2.45, 2.75) is 51.4 Å². The van der Waals surface area contributed by atoms with Crippen molar-refractivity contribution in [2.24, 2.45) is 5.41 Å². The molecule has 0 aliphatic carbocycles. The van der Waals surface area contributed by atoms with E-state index in [0.717, 1.165) is 21.9 Å². The Kier molecular flexibility index (Phi) is 10.5. The summed E-state index contributed by atoms with van der Waals surface area (Å²) in [7, 11) is -4.02. The summed E-state index contributed by atoms with van der Waals surface area (Å²) in [6, 6.07) is 10.4. The maximum absolute atomic E-state index is 13.6. The molecule has 1 aromatic heterocycles. The predicted molar refractivity (Wildman–Crippen MR) is 145 cm³/mol. The lowest BCUT2D eigenvalue weighted by Crippen LogP contribution is -2.46. The van der Waals surface area contributed by atoms with E-state index in [-0.39, 0.29) is 36.4 Å². The van der Waals surface area contributed by atoms with Crippen LogP contribution < -0.4 is 16.5 Å². The SMILES string of the molecule is CC(C)(CO)C(=O)SCCOP(=O)(NCc1ccccc1)OCC1O[C@@H](n2ccc(N)nc2=O)[C@](C)(O)[C@@H]1O. The summed E-state index contributed by atoms with van der Waals surface area (Å²) < 4.78 is 31.5. The van der Waals surface area contributed by atoms with Gasteiger partial charge in [0.25, 0.3) is 0 Å². The van der Waals surface area contributed by atoms with E-state index in [0.29, 0.717) is 0 Å². The monoisotopic (exact) mass is 586 g/mol. The van der Waals surface area contributed by atoms with Gasteiger partial charge in [-0.2, -0.15) is 4.98 Å². The molecule has 0 radical (unpaired) electrons. The average molecular weight is 587 g/mol. The number of anilines is 1. The second-order valence-corrected chi connectivity index (χ2v) is 12.8. The van der Waals surface area contributed by atoms with Gasteiger partial charge in [-0.15, -0.1) is 0 Å². The van der Waals surface area contributed by atoms with Gasteiger partial charge in [0.2, 0.25) is 0 Å². The number of rotatable bonds is 13. The number of benzene rings is 1. The van der Waals surface area contributed by atoms with Crippen molar-refractivity contribution in [3.8, 4) is 0 Å². The number of ether oxygens (including phenoxy) is 1. The van der Waals surface area contributed by atoms with E-state index in [1.807, 2.05) is 30.3 Å². The molecule has 1 fully saturated rings. The van der Waals surface area contributed by atoms with Gasteiger partial charge < -0.3 is 25.8 Å². The first-order valence-electron chi connectivity index (χ1n) is 12.2. The molecule has 15 heteroatoms. The van der Waals surface area contributed by atoms with Gasteiger partial charge >= 0.3 is 13.4 Å². The number of aromatic nitrogens is 2. The topological polar surface area (TPSA) is 195 Å². The molecule has 0 bridgehead atoms. The van der Waals surface area contributed by atoms with E-state index in [9.17, 15) is 29.5 Å². The molecule has 13 nitrogen and oxygen atoms in total. The smallest absolute Gasteiger partial charge is 0.395 e. The number of nitrogens with zero attached hydrogens (tertiary/aromatic N) is 2. The zero-order valence-corrected chi connectivity index (χ0v) is 23.6. The highest BCUT2D eigenvalue weighted by Crippen LogP contribution is 2.46. The van der Waals surface area contributed by atoms with E-state index in [1.165, 1.54) is 19.2 Å². The van der Waals surface area contributed by atoms with Crippen LogP contribution in [0.25, 0.3) is 0 Å². The molecule has 2 unspecified atom stereocenters. The number of aliphatic hydroxyl groups is 3. The third-order valence-corrected chi connectivity index (χ3v) is 8.86. The lowest BCUT2D eigenvalue weighted by Gasteiger charge is -2.27. The molecular formula is C24H35N4O9PS. The quantitative estimate of drug-likeness (QED) is 0.165. The highest BCUT2D eigenvalue weighted by molar-refractivity contribution is 8.13. The first-order valence-corrected chi connectivity index (χ1v) is 14.7. The number of nitrogens with two attached hydrogens (primary N) is 1. The molecule has 1 aliphatic heterocycles. The van der Waals surface area contributed by atoms with Crippen LogP contribution in [0.3, 0.4) is 0 Å². The van der Waals surface area contributed by atoms with E-state index < -0.39 is 49.5 Å². The first kappa shape index (κ1) is 31.4. The molecule has 2 aromatic rings. The molecule has 216 valence electrons. The van der Waals surface area contributed by atoms with Gasteiger partial charge in [-0.05, 0) is 32.4 Å². The molecule has 6 N–H and O–H groups in total. The van der Waals surface area contributed by atoms with Crippen LogP contribution in [0, 0.1) is 5.41 Å². The minimum absolute atomic E-state index is 0.0170. The summed E-state index contributed by atoms with van der Waals surface area (Å²) in [5.41, 5.74) is 2.69. The van der Waals surface area contributed by atoms with Gasteiger partial charge in [0.1, 0.15) is 23.6 Å². The van der Waals surface area contributed by atoms with Crippen LogP contribution in [-0.2, 0) is 29.7 Å². The number of thioether (sulfide) groups is 1. The third kappa shape index (κ3) is 7.97. The van der Waals surface area contributed by atoms with Crippen molar-refractivity contribution in [1.82, 2.24) is 14.6 Å². The van der Waals surface area contributed by atoms with Crippen LogP contribution in [0.15, 0.2) is 47.4 Å². The van der Waals surface area contributed by atoms with Crippen molar-refractivity contribution in [1.29, 1.82) is 0 Å². The van der Waals surface area contributed by atoms with Crippen LogP contribution in [0.5, 0.6) is 0 Å². The lowest BCUT2D eigenvalue weighted by molar-refractivity contribution is -0.119. The standard InChI is InChI=1S/C24H35N4O9PS/c1-23(2,15-29)21(31)39-12-11-35-38(34,26-13-16-7-5-4-6-8-16)36-14-17-19(30)24(3,33)20(37-17)28-10-9-18(25)27-22(28)32/h4-10,17,19-20,29-30,33H,11-15H2,1-3H3,(H,26,34)(H2,25,27,32)/t17?,19-,20-,24-,38?/m1/s1. The average Bonchev–Trinajstić information content (AvgIpc) is 3.13. The number of carbonyl (C=O) groups is 1. The molecule has 5 atom stereocenters. The number of nitrogens with one attached hydrogen (secondary N) is 1. The predicted octanol–water partition coefficient (Wildman–Crippen LogP) is 1.04. The Bertz CT molecular complexity index is 1230. The number of hydrogen-bond acceptors (Lipinski definition) is 12. The fourth-order valence-corrected chi connectivity index (χ4v) is 5.86. The van der Waals surface area contributed by atoms with Crippen LogP contribution in [-0.4, -0.2) is 73.4 Å². The molecule has 3 rings (SSSR count). The van der Waals surface area contributed by atoms with E-state index in [4.69, 9.17) is 19.5 Å². The Hall–Kier alpha value is -2.13. The Labute approximate surface area is 230 Å². The van der Waals surface area contributed by atoms with Gasteiger partial charge in [-0.25, -0.2) is 14.4 Å². The second-order valence-electron chi connectivity index (χ2n) is 9.86. The zero-order chi connectivity index (χ0) is 28.8. The van der Waals surface area contributed by atoms with Crippen LogP contribution in [0.4, 0.5) is 5.82 Å². The van der Waals surface area contributed by atoms with Gasteiger partial charge in [0, 0.05) is 18.5 Å². The minimum Gasteiger partial charge on any atom is -0.395 e. The summed E-state index contributed by atoms with van der Waals surface area (Å²) in [4.78, 5) is 28.2. The van der Waals surface area contributed by atoms with Crippen molar-refractivity contribution in [3.05, 3.63) is 58.6 Å². The molecule has 1 saturated heterocycles. The Morgan fingerprint density at radius 2 is 2.00 bits per heavy atom. The fraction of sp³-hybridized carbons (Fsp3) is 0.542. The van der Waals surface area contributed by atoms with Crippen molar-refractivity contribution in [2.75, 3.05) is 31.3 Å². The van der Waals surface area contributed by atoms with E-state index >= 15 is 0 Å². The van der Waals surface area contributed by atoms with Gasteiger partial charge in [-0.3, -0.25) is 18.4 Å². The van der Waals surface area contributed by atoms with Crippen LogP contribution in [0.1, 0.15) is 32.6 Å². The maximum Gasteiger partial charge on any atom is 0.405 e. The van der Waals surface area contributed by atoms with Gasteiger partial charge in [0.05, 0.1) is 25.2 Å². The van der Waals surface area contributed by atoms with Crippen molar-refractivity contribution < 1.29 is 38.5 Å². The first-order chi connectivity index (χ1) is 18.3. The minimum atomic E-state index is -4.02. The largest absolute Gasteiger partial charge is 0.405 e. The third-order valence-electron chi connectivity index (χ3n) is 6.11. The van der Waals surface area contributed by atoms with E-state index in [2.05, 4.69) is 10.1 Å². The fourth-order valence-electron chi connectivity index (χ4n) is 3.62. The summed E-state index contributed by atoms with van der Waals surface area (Å²) in [6.07, 6.45) is -2.75. The molecule has 0 spiro atoms. The summed E-state index contributed by atoms with van der Waals surface area (Å²) in [6.45, 7) is 3.74. The molecule has 39 heavy (non-hydrogen) atoms. The zero-order valence-electron chi connectivity index (χ0n) is 21.9. The number of hydrogen-bond donors (Lipinski definition) is 5. The molecular weight excluding hydrogens is 551 g/mol.